The maximum atomic E-state index is 12.8. The summed E-state index contributed by atoms with van der Waals surface area (Å²) in [7, 11) is 1.98. The number of hydrogen-bond donors (Lipinski definition) is 0. The van der Waals surface area contributed by atoms with Gasteiger partial charge in [-0.25, -0.2) is 0 Å². The van der Waals surface area contributed by atoms with Crippen LogP contribution in [0.5, 0.6) is 0 Å². The summed E-state index contributed by atoms with van der Waals surface area (Å²) in [4.78, 5) is 6.85. The minimum absolute atomic E-state index is 0.257. The fourth-order valence-electron chi connectivity index (χ4n) is 5.09. The van der Waals surface area contributed by atoms with Crippen LogP contribution in [0.3, 0.4) is 0 Å². The molecule has 180 valence electrons. The van der Waals surface area contributed by atoms with Gasteiger partial charge in [-0.05, 0) is 80.4 Å². The van der Waals surface area contributed by atoms with Gasteiger partial charge in [0.1, 0.15) is 0 Å². The first-order valence-corrected chi connectivity index (χ1v) is 12.6. The van der Waals surface area contributed by atoms with E-state index in [1.165, 1.54) is 12.1 Å². The van der Waals surface area contributed by atoms with Crippen LogP contribution in [0, 0.1) is 12.3 Å². The van der Waals surface area contributed by atoms with Crippen molar-refractivity contribution in [2.24, 2.45) is 12.5 Å². The molecule has 2 aromatic heterocycles. The second-order valence-electron chi connectivity index (χ2n) is 9.52. The van der Waals surface area contributed by atoms with Crippen LogP contribution in [0.25, 0.3) is 11.4 Å². The Kier molecular flexibility index (Phi) is 6.18. The average molecular weight is 488 g/mol. The Labute approximate surface area is 201 Å². The van der Waals surface area contributed by atoms with Crippen molar-refractivity contribution >= 4 is 11.8 Å². The second kappa shape index (κ2) is 9.00. The van der Waals surface area contributed by atoms with Crippen molar-refractivity contribution in [3.8, 4) is 11.4 Å². The normalized spacial score (nSPS) is 22.6. The van der Waals surface area contributed by atoms with Crippen LogP contribution < -0.4 is 0 Å². The zero-order valence-electron chi connectivity index (χ0n) is 19.3. The van der Waals surface area contributed by atoms with Gasteiger partial charge < -0.3 is 9.47 Å². The molecule has 0 bridgehead atoms. The summed E-state index contributed by atoms with van der Waals surface area (Å²) < 4.78 is 40.5. The number of halogens is 3. The van der Waals surface area contributed by atoms with Gasteiger partial charge in [-0.15, -0.1) is 10.2 Å². The SMILES string of the molecule is Cc1ccc(-c2nnc(SCCCN3CC[C@]4(CC4c4ccc(C(F)(F)F)cc4)C3)n2C)cn1. The molecule has 34 heavy (non-hydrogen) atoms. The van der Waals surface area contributed by atoms with Gasteiger partial charge in [-0.2, -0.15) is 13.2 Å². The van der Waals surface area contributed by atoms with Crippen LogP contribution in [0.2, 0.25) is 0 Å². The van der Waals surface area contributed by atoms with Crippen molar-refractivity contribution < 1.29 is 13.2 Å². The fourth-order valence-corrected chi connectivity index (χ4v) is 5.93. The van der Waals surface area contributed by atoms with E-state index in [4.69, 9.17) is 0 Å². The standard InChI is InChI=1S/C25H28F3N5S/c1-17-4-5-19(15-29-17)22-30-31-23(32(22)2)34-13-3-11-33-12-10-24(16-33)14-21(24)18-6-8-20(9-7-18)25(26,27)28/h4-9,15,21H,3,10-14,16H2,1-2H3/t21?,24-/m0/s1. The lowest BCUT2D eigenvalue weighted by atomic mass is 9.97. The zero-order valence-corrected chi connectivity index (χ0v) is 20.2. The minimum Gasteiger partial charge on any atom is -0.305 e. The molecule has 0 amide bonds. The van der Waals surface area contributed by atoms with Crippen molar-refractivity contribution in [3.63, 3.8) is 0 Å². The summed E-state index contributed by atoms with van der Waals surface area (Å²) in [6.07, 6.45) is 0.821. The van der Waals surface area contributed by atoms with E-state index in [2.05, 4.69) is 20.1 Å². The molecule has 1 aromatic carbocycles. The maximum Gasteiger partial charge on any atom is 0.416 e. The van der Waals surface area contributed by atoms with Gasteiger partial charge in [0.2, 0.25) is 0 Å². The molecule has 0 radical (unpaired) electrons. The van der Waals surface area contributed by atoms with Gasteiger partial charge in [0.25, 0.3) is 0 Å². The molecule has 1 unspecified atom stereocenters. The Bertz CT molecular complexity index is 1140. The van der Waals surface area contributed by atoms with Crippen LogP contribution in [-0.4, -0.2) is 50.0 Å². The molecule has 2 atom stereocenters. The van der Waals surface area contributed by atoms with Gasteiger partial charge in [0.05, 0.1) is 5.56 Å². The van der Waals surface area contributed by atoms with Crippen molar-refractivity contribution in [1.82, 2.24) is 24.6 Å². The fraction of sp³-hybridized carbons (Fsp3) is 0.480. The molecular formula is C25H28F3N5S. The number of alkyl halides is 3. The molecule has 2 fully saturated rings. The lowest BCUT2D eigenvalue weighted by Crippen LogP contribution is -2.23. The monoisotopic (exact) mass is 487 g/mol. The quantitative estimate of drug-likeness (QED) is 0.322. The average Bonchev–Trinajstić information content (AvgIpc) is 3.16. The van der Waals surface area contributed by atoms with E-state index in [0.29, 0.717) is 5.92 Å². The molecule has 2 aliphatic rings. The highest BCUT2D eigenvalue weighted by molar-refractivity contribution is 7.99. The van der Waals surface area contributed by atoms with Crippen LogP contribution in [0.4, 0.5) is 13.2 Å². The lowest BCUT2D eigenvalue weighted by Gasteiger charge is -2.16. The first-order chi connectivity index (χ1) is 16.2. The first kappa shape index (κ1) is 23.4. The molecule has 0 N–H and O–H groups in total. The van der Waals surface area contributed by atoms with Crippen molar-refractivity contribution in [1.29, 1.82) is 0 Å². The van der Waals surface area contributed by atoms with E-state index < -0.39 is 11.7 Å². The molecule has 3 heterocycles. The smallest absolute Gasteiger partial charge is 0.305 e. The largest absolute Gasteiger partial charge is 0.416 e. The molecule has 5 nitrogen and oxygen atoms in total. The highest BCUT2D eigenvalue weighted by Gasteiger charge is 2.57. The summed E-state index contributed by atoms with van der Waals surface area (Å²) >= 11 is 1.72. The topological polar surface area (TPSA) is 46.8 Å². The van der Waals surface area contributed by atoms with Crippen LogP contribution in [0.15, 0.2) is 47.8 Å². The third-order valence-corrected chi connectivity index (χ3v) is 8.26. The summed E-state index contributed by atoms with van der Waals surface area (Å²) in [5.41, 5.74) is 2.67. The van der Waals surface area contributed by atoms with Crippen molar-refractivity contribution in [3.05, 3.63) is 59.4 Å². The number of benzene rings is 1. The van der Waals surface area contributed by atoms with Gasteiger partial charge in [-0.3, -0.25) is 4.98 Å². The van der Waals surface area contributed by atoms with Crippen molar-refractivity contribution in [2.75, 3.05) is 25.4 Å². The number of pyridine rings is 1. The number of aromatic nitrogens is 4. The first-order valence-electron chi connectivity index (χ1n) is 11.6. The molecule has 1 aliphatic heterocycles. The number of likely N-dealkylation sites (tertiary alicyclic amines) is 1. The summed E-state index contributed by atoms with van der Waals surface area (Å²) in [5.74, 6) is 2.17. The predicted molar refractivity (Wildman–Crippen MR) is 127 cm³/mol. The lowest BCUT2D eigenvalue weighted by molar-refractivity contribution is -0.137. The van der Waals surface area contributed by atoms with E-state index >= 15 is 0 Å². The number of rotatable bonds is 7. The Balaban J connectivity index is 1.09. The molecule has 1 saturated heterocycles. The Morgan fingerprint density at radius 3 is 2.62 bits per heavy atom. The number of thioether (sulfide) groups is 1. The Morgan fingerprint density at radius 2 is 1.91 bits per heavy atom. The highest BCUT2D eigenvalue weighted by atomic mass is 32.2. The minimum atomic E-state index is -4.27. The summed E-state index contributed by atoms with van der Waals surface area (Å²) in [6.45, 7) is 5.09. The summed E-state index contributed by atoms with van der Waals surface area (Å²) in [6, 6.07) is 9.77. The van der Waals surface area contributed by atoms with Gasteiger partial charge in [0, 0.05) is 36.8 Å². The zero-order chi connectivity index (χ0) is 23.9. The van der Waals surface area contributed by atoms with Gasteiger partial charge in [-0.1, -0.05) is 23.9 Å². The molecule has 1 saturated carbocycles. The van der Waals surface area contributed by atoms with E-state index in [1.807, 2.05) is 36.9 Å². The van der Waals surface area contributed by atoms with E-state index in [-0.39, 0.29) is 5.41 Å². The van der Waals surface area contributed by atoms with Gasteiger partial charge in [0.15, 0.2) is 11.0 Å². The molecule has 1 spiro atoms. The number of nitrogens with zero attached hydrogens (tertiary/aromatic N) is 5. The Hall–Kier alpha value is -2.39. The van der Waals surface area contributed by atoms with Crippen LogP contribution in [0.1, 0.15) is 42.0 Å². The molecular weight excluding hydrogens is 459 g/mol. The van der Waals surface area contributed by atoms with Crippen LogP contribution >= 0.6 is 11.8 Å². The third-order valence-electron chi connectivity index (χ3n) is 7.15. The molecule has 1 aliphatic carbocycles. The third kappa shape index (κ3) is 4.73. The number of hydrogen-bond acceptors (Lipinski definition) is 5. The number of aryl methyl sites for hydroxylation is 1. The maximum absolute atomic E-state index is 12.8. The Morgan fingerprint density at radius 1 is 1.12 bits per heavy atom. The van der Waals surface area contributed by atoms with Gasteiger partial charge >= 0.3 is 6.18 Å². The summed E-state index contributed by atoms with van der Waals surface area (Å²) in [5, 5.41) is 9.58. The molecule has 3 aromatic rings. The predicted octanol–water partition coefficient (Wildman–Crippen LogP) is 5.57. The highest BCUT2D eigenvalue weighted by Crippen LogP contribution is 2.64. The van der Waals surface area contributed by atoms with Crippen LogP contribution in [-0.2, 0) is 13.2 Å². The second-order valence-corrected chi connectivity index (χ2v) is 10.6. The van der Waals surface area contributed by atoms with E-state index in [9.17, 15) is 13.2 Å². The van der Waals surface area contributed by atoms with Crippen molar-refractivity contribution in [2.45, 2.75) is 43.4 Å². The molecule has 9 heteroatoms. The molecule has 5 rings (SSSR count). The van der Waals surface area contributed by atoms with E-state index in [1.54, 1.807) is 23.9 Å². The van der Waals surface area contributed by atoms with E-state index in [0.717, 1.165) is 72.5 Å².